The zero-order chi connectivity index (χ0) is 7.68. The molecule has 0 N–H and O–H groups in total. The first-order valence-corrected chi connectivity index (χ1v) is 3.95. The van der Waals surface area contributed by atoms with E-state index in [0.29, 0.717) is 12.1 Å². The highest BCUT2D eigenvalue weighted by Crippen LogP contribution is 2.16. The summed E-state index contributed by atoms with van der Waals surface area (Å²) in [5, 5.41) is 0. The molecule has 2 aliphatic heterocycles. The van der Waals surface area contributed by atoms with Gasteiger partial charge >= 0.3 is 0 Å². The first-order valence-electron chi connectivity index (χ1n) is 3.95. The quantitative estimate of drug-likeness (QED) is 0.465. The molecule has 0 spiro atoms. The van der Waals surface area contributed by atoms with Crippen LogP contribution in [-0.4, -0.2) is 36.8 Å². The summed E-state index contributed by atoms with van der Waals surface area (Å²) in [5.74, 6) is 0. The van der Waals surface area contributed by atoms with Crippen molar-refractivity contribution in [2.45, 2.75) is 12.1 Å². The maximum atomic E-state index is 4.36. The minimum Gasteiger partial charge on any atom is -0.294 e. The average molecular weight is 148 g/mol. The molecule has 2 heteroatoms. The van der Waals surface area contributed by atoms with Gasteiger partial charge in [-0.3, -0.25) is 9.89 Å². The SMILES string of the molecule is CN1CC=CC2N=CC=CC21. The van der Waals surface area contributed by atoms with Gasteiger partial charge in [0.1, 0.15) is 0 Å². The fraction of sp³-hybridized carbons (Fsp3) is 0.444. The van der Waals surface area contributed by atoms with Crippen molar-refractivity contribution in [3.8, 4) is 0 Å². The molecule has 0 amide bonds. The summed E-state index contributed by atoms with van der Waals surface area (Å²) in [4.78, 5) is 6.66. The van der Waals surface area contributed by atoms with E-state index in [9.17, 15) is 0 Å². The largest absolute Gasteiger partial charge is 0.294 e. The highest BCUT2D eigenvalue weighted by atomic mass is 15.2. The Balaban J connectivity index is 2.25. The van der Waals surface area contributed by atoms with Crippen LogP contribution in [0.25, 0.3) is 0 Å². The third-order valence-corrected chi connectivity index (χ3v) is 2.24. The van der Waals surface area contributed by atoms with Crippen LogP contribution in [0, 0.1) is 0 Å². The second-order valence-corrected chi connectivity index (χ2v) is 3.03. The van der Waals surface area contributed by atoms with Gasteiger partial charge in [0, 0.05) is 12.8 Å². The molecule has 0 aromatic heterocycles. The van der Waals surface area contributed by atoms with Gasteiger partial charge in [-0.25, -0.2) is 0 Å². The highest BCUT2D eigenvalue weighted by molar-refractivity contribution is 5.73. The maximum absolute atomic E-state index is 4.36. The molecule has 2 nitrogen and oxygen atoms in total. The molecule has 2 rings (SSSR count). The topological polar surface area (TPSA) is 15.6 Å². The Kier molecular flexibility index (Phi) is 1.62. The Bertz CT molecular complexity index is 228. The van der Waals surface area contributed by atoms with Crippen LogP contribution in [0.4, 0.5) is 0 Å². The molecule has 2 unspecified atom stereocenters. The number of dihydropyridines is 1. The molecule has 11 heavy (non-hydrogen) atoms. The average Bonchev–Trinajstić information content (AvgIpc) is 2.06. The molecule has 0 saturated heterocycles. The molecule has 0 fully saturated rings. The lowest BCUT2D eigenvalue weighted by molar-refractivity contribution is 0.280. The second kappa shape index (κ2) is 2.62. The molecule has 0 aromatic carbocycles. The number of hydrogen-bond acceptors (Lipinski definition) is 2. The summed E-state index contributed by atoms with van der Waals surface area (Å²) >= 11 is 0. The van der Waals surface area contributed by atoms with E-state index in [1.807, 2.05) is 12.3 Å². The summed E-state index contributed by atoms with van der Waals surface area (Å²) in [6.07, 6.45) is 10.5. The molecule has 2 atom stereocenters. The monoisotopic (exact) mass is 148 g/mol. The van der Waals surface area contributed by atoms with Crippen LogP contribution in [-0.2, 0) is 0 Å². The lowest BCUT2D eigenvalue weighted by Crippen LogP contribution is -2.42. The van der Waals surface area contributed by atoms with E-state index in [1.165, 1.54) is 0 Å². The van der Waals surface area contributed by atoms with Crippen molar-refractivity contribution in [1.29, 1.82) is 0 Å². The van der Waals surface area contributed by atoms with Crippen molar-refractivity contribution in [2.75, 3.05) is 13.6 Å². The van der Waals surface area contributed by atoms with Gasteiger partial charge in [0.15, 0.2) is 0 Å². The Morgan fingerprint density at radius 1 is 1.45 bits per heavy atom. The molecular weight excluding hydrogens is 136 g/mol. The Morgan fingerprint density at radius 3 is 3.18 bits per heavy atom. The zero-order valence-electron chi connectivity index (χ0n) is 6.64. The van der Waals surface area contributed by atoms with Gasteiger partial charge in [0.2, 0.25) is 0 Å². The fourth-order valence-electron chi connectivity index (χ4n) is 1.57. The van der Waals surface area contributed by atoms with Gasteiger partial charge in [-0.1, -0.05) is 18.2 Å². The Hall–Kier alpha value is -0.890. The van der Waals surface area contributed by atoms with E-state index >= 15 is 0 Å². The number of rotatable bonds is 0. The number of nitrogens with zero attached hydrogens (tertiary/aromatic N) is 2. The van der Waals surface area contributed by atoms with Gasteiger partial charge in [-0.2, -0.15) is 0 Å². The molecule has 0 saturated carbocycles. The van der Waals surface area contributed by atoms with Gasteiger partial charge in [-0.05, 0) is 13.1 Å². The predicted octanol–water partition coefficient (Wildman–Crippen LogP) is 0.866. The standard InChI is InChI=1S/C9H12N2/c1-11-7-3-4-8-9(11)5-2-6-10-8/h2-6,8-9H,7H2,1H3. The summed E-state index contributed by atoms with van der Waals surface area (Å²) in [6.45, 7) is 1.04. The number of allylic oxidation sites excluding steroid dienone is 1. The third-order valence-electron chi connectivity index (χ3n) is 2.24. The number of aliphatic imine (C=N–C) groups is 1. The molecule has 0 radical (unpaired) electrons. The van der Waals surface area contributed by atoms with Crippen LogP contribution < -0.4 is 0 Å². The van der Waals surface area contributed by atoms with Gasteiger partial charge in [0.25, 0.3) is 0 Å². The molecule has 58 valence electrons. The molecule has 0 aliphatic carbocycles. The Morgan fingerprint density at radius 2 is 2.36 bits per heavy atom. The lowest BCUT2D eigenvalue weighted by Gasteiger charge is -2.32. The third kappa shape index (κ3) is 1.14. The second-order valence-electron chi connectivity index (χ2n) is 3.03. The van der Waals surface area contributed by atoms with Crippen LogP contribution in [0.1, 0.15) is 0 Å². The Labute approximate surface area is 66.9 Å². The summed E-state index contributed by atoms with van der Waals surface area (Å²) < 4.78 is 0. The van der Waals surface area contributed by atoms with E-state index in [-0.39, 0.29) is 0 Å². The minimum atomic E-state index is 0.360. The van der Waals surface area contributed by atoms with Gasteiger partial charge < -0.3 is 0 Å². The van der Waals surface area contributed by atoms with Crippen molar-refractivity contribution < 1.29 is 0 Å². The number of likely N-dealkylation sites (N-methyl/N-ethyl adjacent to an activating group) is 1. The van der Waals surface area contributed by atoms with E-state index in [2.05, 4.69) is 35.2 Å². The van der Waals surface area contributed by atoms with E-state index in [0.717, 1.165) is 6.54 Å². The van der Waals surface area contributed by atoms with E-state index < -0.39 is 0 Å². The first kappa shape index (κ1) is 6.80. The summed E-state index contributed by atoms with van der Waals surface area (Å²) in [5.41, 5.74) is 0. The number of hydrogen-bond donors (Lipinski definition) is 0. The van der Waals surface area contributed by atoms with Crippen molar-refractivity contribution in [2.24, 2.45) is 4.99 Å². The molecule has 2 heterocycles. The molecule has 2 aliphatic rings. The summed E-state index contributed by atoms with van der Waals surface area (Å²) in [7, 11) is 2.13. The van der Waals surface area contributed by atoms with E-state index in [4.69, 9.17) is 0 Å². The zero-order valence-corrected chi connectivity index (χ0v) is 6.64. The minimum absolute atomic E-state index is 0.360. The fourth-order valence-corrected chi connectivity index (χ4v) is 1.57. The van der Waals surface area contributed by atoms with Crippen molar-refractivity contribution >= 4 is 6.21 Å². The molecular formula is C9H12N2. The lowest BCUT2D eigenvalue weighted by atomic mass is 10.0. The summed E-state index contributed by atoms with van der Waals surface area (Å²) in [6, 6.07) is 0.851. The predicted molar refractivity (Wildman–Crippen MR) is 47.0 cm³/mol. The van der Waals surface area contributed by atoms with Crippen LogP contribution in [0.5, 0.6) is 0 Å². The number of fused-ring (bicyclic) bond motifs is 1. The highest BCUT2D eigenvalue weighted by Gasteiger charge is 2.23. The van der Waals surface area contributed by atoms with Crippen molar-refractivity contribution in [1.82, 2.24) is 4.90 Å². The first-order chi connectivity index (χ1) is 5.38. The molecule has 0 aromatic rings. The van der Waals surface area contributed by atoms with Crippen LogP contribution >= 0.6 is 0 Å². The van der Waals surface area contributed by atoms with Crippen LogP contribution in [0.2, 0.25) is 0 Å². The normalized spacial score (nSPS) is 35.7. The molecule has 0 bridgehead atoms. The van der Waals surface area contributed by atoms with Crippen molar-refractivity contribution in [3.05, 3.63) is 24.3 Å². The van der Waals surface area contributed by atoms with Crippen LogP contribution in [0.3, 0.4) is 0 Å². The van der Waals surface area contributed by atoms with Crippen LogP contribution in [0.15, 0.2) is 29.3 Å². The van der Waals surface area contributed by atoms with Crippen molar-refractivity contribution in [3.63, 3.8) is 0 Å². The smallest absolute Gasteiger partial charge is 0.0871 e. The maximum Gasteiger partial charge on any atom is 0.0871 e. The van der Waals surface area contributed by atoms with E-state index in [1.54, 1.807) is 0 Å². The van der Waals surface area contributed by atoms with Gasteiger partial charge in [-0.15, -0.1) is 0 Å². The van der Waals surface area contributed by atoms with Gasteiger partial charge in [0.05, 0.1) is 12.1 Å².